The fraction of sp³-hybridized carbons (Fsp3) is 0.375. The van der Waals surface area contributed by atoms with Crippen molar-refractivity contribution in [2.24, 2.45) is 0 Å². The summed E-state index contributed by atoms with van der Waals surface area (Å²) in [4.78, 5) is 13.7. The van der Waals surface area contributed by atoms with Gasteiger partial charge in [-0.15, -0.1) is 0 Å². The minimum atomic E-state index is -0.260. The van der Waals surface area contributed by atoms with E-state index in [1.165, 1.54) is 4.90 Å². The summed E-state index contributed by atoms with van der Waals surface area (Å²) in [5.74, 6) is 1.32. The van der Waals surface area contributed by atoms with E-state index in [0.29, 0.717) is 41.1 Å². The van der Waals surface area contributed by atoms with Gasteiger partial charge in [-0.3, -0.25) is 0 Å². The third-order valence-corrected chi connectivity index (χ3v) is 3.36. The molecule has 1 heterocycles. The first-order chi connectivity index (χ1) is 11.0. The average molecular weight is 338 g/mol. The van der Waals surface area contributed by atoms with Gasteiger partial charge in [-0.25, -0.2) is 4.79 Å². The fourth-order valence-electron chi connectivity index (χ4n) is 1.93. The van der Waals surface area contributed by atoms with Crippen LogP contribution in [0.4, 0.5) is 10.5 Å². The molecule has 2 rings (SSSR count). The monoisotopic (exact) mass is 337 g/mol. The average Bonchev–Trinajstić information content (AvgIpc) is 2.91. The van der Waals surface area contributed by atoms with Gasteiger partial charge in [-0.05, 0) is 31.5 Å². The zero-order valence-electron chi connectivity index (χ0n) is 13.4. The number of carbonyl (C=O) groups excluding carboxylic acids is 1. The molecule has 0 spiro atoms. The number of aryl methyl sites for hydroxylation is 1. The Kier molecular flexibility index (Phi) is 5.87. The van der Waals surface area contributed by atoms with Gasteiger partial charge in [-0.1, -0.05) is 23.7 Å². The molecule has 124 valence electrons. The van der Waals surface area contributed by atoms with Gasteiger partial charge in [0.2, 0.25) is 0 Å². The van der Waals surface area contributed by atoms with Gasteiger partial charge < -0.3 is 19.5 Å². The van der Waals surface area contributed by atoms with Crippen molar-refractivity contribution in [3.8, 4) is 5.75 Å². The first kappa shape index (κ1) is 17.1. The van der Waals surface area contributed by atoms with Crippen LogP contribution in [0.3, 0.4) is 0 Å². The minimum Gasteiger partial charge on any atom is -0.492 e. The number of nitrogens with zero attached hydrogens (tertiary/aromatic N) is 2. The maximum absolute atomic E-state index is 12.2. The molecule has 0 atom stereocenters. The molecule has 0 aliphatic heterocycles. The number of ether oxygens (including phenoxy) is 1. The summed E-state index contributed by atoms with van der Waals surface area (Å²) in [6.07, 6.45) is 0.904. The molecule has 2 amide bonds. The maximum Gasteiger partial charge on any atom is 0.321 e. The Morgan fingerprint density at radius 2 is 2.22 bits per heavy atom. The molecule has 0 bridgehead atoms. The number of rotatable bonds is 6. The number of benzene rings is 1. The van der Waals surface area contributed by atoms with Gasteiger partial charge in [0.05, 0.1) is 18.2 Å². The standard InChI is InChI=1S/C16H20ClN3O3/c1-4-7-22-15-6-5-12(9-14(15)17)18-16(21)20(3)10-13-8-11(2)23-19-13/h5-6,8-9H,4,7,10H2,1-3H3,(H,18,21). The summed E-state index contributed by atoms with van der Waals surface area (Å²) in [5, 5.41) is 7.11. The summed E-state index contributed by atoms with van der Waals surface area (Å²) >= 11 is 6.15. The second kappa shape index (κ2) is 7.87. The largest absolute Gasteiger partial charge is 0.492 e. The van der Waals surface area contributed by atoms with Crippen LogP contribution in [0.1, 0.15) is 24.8 Å². The van der Waals surface area contributed by atoms with E-state index in [-0.39, 0.29) is 6.03 Å². The molecule has 0 unspecified atom stereocenters. The van der Waals surface area contributed by atoms with E-state index in [1.807, 2.05) is 6.92 Å². The molecule has 0 saturated heterocycles. The predicted octanol–water partition coefficient (Wildman–Crippen LogP) is 4.09. The van der Waals surface area contributed by atoms with Crippen LogP contribution in [0.2, 0.25) is 5.02 Å². The highest BCUT2D eigenvalue weighted by Gasteiger charge is 2.12. The molecule has 0 fully saturated rings. The van der Waals surface area contributed by atoms with E-state index in [2.05, 4.69) is 10.5 Å². The first-order valence-electron chi connectivity index (χ1n) is 7.36. The van der Waals surface area contributed by atoms with E-state index in [9.17, 15) is 4.79 Å². The Morgan fingerprint density at radius 3 is 2.83 bits per heavy atom. The second-order valence-corrected chi connectivity index (χ2v) is 5.62. The van der Waals surface area contributed by atoms with Gasteiger partial charge in [-0.2, -0.15) is 0 Å². The number of hydrogen-bond donors (Lipinski definition) is 1. The molecule has 0 aliphatic rings. The van der Waals surface area contributed by atoms with E-state index >= 15 is 0 Å². The summed E-state index contributed by atoms with van der Waals surface area (Å²) in [6.45, 7) is 4.79. The molecule has 0 saturated carbocycles. The second-order valence-electron chi connectivity index (χ2n) is 5.21. The minimum absolute atomic E-state index is 0.260. The van der Waals surface area contributed by atoms with Gasteiger partial charge in [0, 0.05) is 18.8 Å². The van der Waals surface area contributed by atoms with Crippen molar-refractivity contribution in [1.82, 2.24) is 10.1 Å². The zero-order chi connectivity index (χ0) is 16.8. The highest BCUT2D eigenvalue weighted by molar-refractivity contribution is 6.32. The van der Waals surface area contributed by atoms with Crippen LogP contribution >= 0.6 is 11.6 Å². The molecule has 0 radical (unpaired) electrons. The van der Waals surface area contributed by atoms with Crippen LogP contribution in [0, 0.1) is 6.92 Å². The Balaban J connectivity index is 1.95. The molecule has 0 aliphatic carbocycles. The highest BCUT2D eigenvalue weighted by Crippen LogP contribution is 2.28. The molecule has 6 nitrogen and oxygen atoms in total. The van der Waals surface area contributed by atoms with Crippen molar-refractivity contribution >= 4 is 23.3 Å². The van der Waals surface area contributed by atoms with Crippen molar-refractivity contribution in [3.05, 3.63) is 40.7 Å². The number of nitrogens with one attached hydrogen (secondary N) is 1. The van der Waals surface area contributed by atoms with E-state index in [4.69, 9.17) is 20.9 Å². The number of carbonyl (C=O) groups is 1. The Bertz CT molecular complexity index is 672. The highest BCUT2D eigenvalue weighted by atomic mass is 35.5. The van der Waals surface area contributed by atoms with Crippen LogP contribution in [0.25, 0.3) is 0 Å². The van der Waals surface area contributed by atoms with Crippen LogP contribution in [-0.2, 0) is 6.54 Å². The SMILES string of the molecule is CCCOc1ccc(NC(=O)N(C)Cc2cc(C)on2)cc1Cl. The molecule has 2 aromatic rings. The lowest BCUT2D eigenvalue weighted by Gasteiger charge is -2.17. The van der Waals surface area contributed by atoms with Crippen LogP contribution in [0.15, 0.2) is 28.8 Å². The van der Waals surface area contributed by atoms with Gasteiger partial charge in [0.25, 0.3) is 0 Å². The molecule has 7 heteroatoms. The number of amides is 2. The summed E-state index contributed by atoms with van der Waals surface area (Å²) < 4.78 is 10.5. The normalized spacial score (nSPS) is 10.4. The quantitative estimate of drug-likeness (QED) is 0.862. The van der Waals surface area contributed by atoms with Gasteiger partial charge >= 0.3 is 6.03 Å². The molecule has 1 aromatic carbocycles. The first-order valence-corrected chi connectivity index (χ1v) is 7.74. The Labute approximate surface area is 140 Å². The summed E-state index contributed by atoms with van der Waals surface area (Å²) in [7, 11) is 1.68. The molecular weight excluding hydrogens is 318 g/mol. The Morgan fingerprint density at radius 1 is 1.43 bits per heavy atom. The lowest BCUT2D eigenvalue weighted by atomic mass is 10.3. The van der Waals surface area contributed by atoms with Crippen molar-refractivity contribution in [1.29, 1.82) is 0 Å². The number of halogens is 1. The number of aromatic nitrogens is 1. The van der Waals surface area contributed by atoms with Crippen LogP contribution in [0.5, 0.6) is 5.75 Å². The van der Waals surface area contributed by atoms with Crippen molar-refractivity contribution in [3.63, 3.8) is 0 Å². The predicted molar refractivity (Wildman–Crippen MR) is 89.0 cm³/mol. The molecule has 1 N–H and O–H groups in total. The van der Waals surface area contributed by atoms with Gasteiger partial charge in [0.1, 0.15) is 17.2 Å². The van der Waals surface area contributed by atoms with Crippen molar-refractivity contribution in [2.75, 3.05) is 19.0 Å². The van der Waals surface area contributed by atoms with Crippen molar-refractivity contribution < 1.29 is 14.1 Å². The van der Waals surface area contributed by atoms with Crippen LogP contribution < -0.4 is 10.1 Å². The number of urea groups is 1. The lowest BCUT2D eigenvalue weighted by molar-refractivity contribution is 0.219. The Hall–Kier alpha value is -2.21. The maximum atomic E-state index is 12.2. The number of hydrogen-bond acceptors (Lipinski definition) is 4. The number of anilines is 1. The molecule has 23 heavy (non-hydrogen) atoms. The third-order valence-electron chi connectivity index (χ3n) is 3.07. The van der Waals surface area contributed by atoms with E-state index in [1.54, 1.807) is 38.2 Å². The third kappa shape index (κ3) is 4.89. The lowest BCUT2D eigenvalue weighted by Crippen LogP contribution is -2.30. The zero-order valence-corrected chi connectivity index (χ0v) is 14.2. The molecular formula is C16H20ClN3O3. The van der Waals surface area contributed by atoms with Crippen molar-refractivity contribution in [2.45, 2.75) is 26.8 Å². The van der Waals surface area contributed by atoms with E-state index in [0.717, 1.165) is 6.42 Å². The smallest absolute Gasteiger partial charge is 0.321 e. The topological polar surface area (TPSA) is 67.6 Å². The van der Waals surface area contributed by atoms with Gasteiger partial charge in [0.15, 0.2) is 0 Å². The summed E-state index contributed by atoms with van der Waals surface area (Å²) in [6, 6.07) is 6.69. The van der Waals surface area contributed by atoms with Crippen LogP contribution in [-0.4, -0.2) is 29.7 Å². The fourth-order valence-corrected chi connectivity index (χ4v) is 2.17. The van der Waals surface area contributed by atoms with E-state index < -0.39 is 0 Å². The molecule has 1 aromatic heterocycles. The summed E-state index contributed by atoms with van der Waals surface area (Å²) in [5.41, 5.74) is 1.30.